The first-order valence-corrected chi connectivity index (χ1v) is 11.0. The molecule has 1 fully saturated rings. The maximum absolute atomic E-state index is 6.52. The highest BCUT2D eigenvalue weighted by Gasteiger charge is 2.59. The van der Waals surface area contributed by atoms with Gasteiger partial charge in [-0.05, 0) is 42.3 Å². The topological polar surface area (TPSA) is 15.7 Å². The molecule has 0 aromatic heterocycles. The fourth-order valence-electron chi connectivity index (χ4n) is 4.80. The van der Waals surface area contributed by atoms with Gasteiger partial charge in [-0.2, -0.15) is 0 Å². The summed E-state index contributed by atoms with van der Waals surface area (Å²) in [5.41, 5.74) is 5.85. The normalized spacial score (nSPS) is 22.4. The predicted octanol–water partition coefficient (Wildman–Crippen LogP) is 4.88. The van der Waals surface area contributed by atoms with E-state index in [9.17, 15) is 0 Å². The van der Waals surface area contributed by atoms with E-state index < -0.39 is 5.72 Å². The van der Waals surface area contributed by atoms with Crippen LogP contribution in [-0.2, 0) is 10.2 Å². The third kappa shape index (κ3) is 3.05. The predicted molar refractivity (Wildman–Crippen MR) is 129 cm³/mol. The summed E-state index contributed by atoms with van der Waals surface area (Å²) in [6.07, 6.45) is 4.50. The van der Waals surface area contributed by atoms with E-state index in [0.717, 1.165) is 24.2 Å². The van der Waals surface area contributed by atoms with Gasteiger partial charge in [0.05, 0.1) is 27.2 Å². The molecule has 0 aliphatic carbocycles. The van der Waals surface area contributed by atoms with Gasteiger partial charge in [-0.15, -0.1) is 0 Å². The van der Waals surface area contributed by atoms with Crippen molar-refractivity contribution in [3.8, 4) is 0 Å². The van der Waals surface area contributed by atoms with Crippen molar-refractivity contribution >= 4 is 23.1 Å². The van der Waals surface area contributed by atoms with E-state index in [1.54, 1.807) is 0 Å². The highest BCUT2D eigenvalue weighted by atomic mass is 16.5. The van der Waals surface area contributed by atoms with Gasteiger partial charge >= 0.3 is 0 Å². The van der Waals surface area contributed by atoms with E-state index in [4.69, 9.17) is 4.74 Å². The molecule has 1 unspecified atom stereocenters. The SMILES string of the molecule is CC[N+](C)(C)c1ccc2c(c1)C(C)(C)C1(/C=C/c3ccc(N(C)C)cc3)OCCN21. The zero-order valence-electron chi connectivity index (χ0n) is 19.6. The monoisotopic (exact) mass is 406 g/mol. The Bertz CT molecular complexity index is 959. The zero-order valence-corrected chi connectivity index (χ0v) is 19.6. The summed E-state index contributed by atoms with van der Waals surface area (Å²) in [6.45, 7) is 9.63. The smallest absolute Gasteiger partial charge is 0.170 e. The number of benzene rings is 2. The molecule has 0 bridgehead atoms. The van der Waals surface area contributed by atoms with Crippen LogP contribution < -0.4 is 14.3 Å². The summed E-state index contributed by atoms with van der Waals surface area (Å²) >= 11 is 0. The second kappa shape index (κ2) is 7.14. The molecule has 1 atom stereocenters. The molecule has 1 saturated heterocycles. The highest BCUT2D eigenvalue weighted by molar-refractivity contribution is 5.73. The molecule has 2 aromatic rings. The number of anilines is 2. The van der Waals surface area contributed by atoms with E-state index in [-0.39, 0.29) is 5.41 Å². The lowest BCUT2D eigenvalue weighted by molar-refractivity contribution is 0.000325. The lowest BCUT2D eigenvalue weighted by atomic mass is 9.77. The van der Waals surface area contributed by atoms with Crippen molar-refractivity contribution in [1.29, 1.82) is 0 Å². The largest absolute Gasteiger partial charge is 0.378 e. The Kier molecular flexibility index (Phi) is 4.99. The molecule has 0 N–H and O–H groups in total. The average Bonchev–Trinajstić information content (AvgIpc) is 3.23. The molecule has 2 aliphatic heterocycles. The van der Waals surface area contributed by atoms with Crippen molar-refractivity contribution in [3.63, 3.8) is 0 Å². The van der Waals surface area contributed by atoms with Gasteiger partial charge in [-0.3, -0.25) is 4.48 Å². The van der Waals surface area contributed by atoms with Crippen LogP contribution in [0, 0.1) is 0 Å². The van der Waals surface area contributed by atoms with Gasteiger partial charge in [0.2, 0.25) is 0 Å². The van der Waals surface area contributed by atoms with E-state index in [0.29, 0.717) is 0 Å². The van der Waals surface area contributed by atoms with Crippen molar-refractivity contribution in [2.45, 2.75) is 31.9 Å². The summed E-state index contributed by atoms with van der Waals surface area (Å²) in [6, 6.07) is 15.7. The molecule has 4 rings (SSSR count). The van der Waals surface area contributed by atoms with Crippen LogP contribution in [0.3, 0.4) is 0 Å². The fourth-order valence-corrected chi connectivity index (χ4v) is 4.80. The number of nitrogens with zero attached hydrogens (tertiary/aromatic N) is 3. The molecule has 160 valence electrons. The number of fused-ring (bicyclic) bond motifs is 3. The van der Waals surface area contributed by atoms with Crippen molar-refractivity contribution < 1.29 is 4.74 Å². The number of rotatable bonds is 5. The Morgan fingerprint density at radius 2 is 1.80 bits per heavy atom. The molecule has 2 heterocycles. The highest BCUT2D eigenvalue weighted by Crippen LogP contribution is 2.56. The van der Waals surface area contributed by atoms with Crippen LogP contribution in [0.25, 0.3) is 6.08 Å². The molecule has 2 aromatic carbocycles. The Hall–Kier alpha value is -2.30. The van der Waals surface area contributed by atoms with Crippen LogP contribution in [0.2, 0.25) is 0 Å². The molecular weight excluding hydrogens is 370 g/mol. The number of quaternary nitrogens is 1. The van der Waals surface area contributed by atoms with Crippen LogP contribution in [-0.4, -0.2) is 53.6 Å². The summed E-state index contributed by atoms with van der Waals surface area (Å²) in [5, 5.41) is 0. The minimum atomic E-state index is -0.447. The van der Waals surface area contributed by atoms with E-state index in [2.05, 4.69) is 113 Å². The van der Waals surface area contributed by atoms with Crippen LogP contribution in [0.5, 0.6) is 0 Å². The molecular formula is C26H36N3O+. The quantitative estimate of drug-likeness (QED) is 0.659. The molecule has 30 heavy (non-hydrogen) atoms. The minimum absolute atomic E-state index is 0.150. The standard InChI is InChI=1S/C26H36N3O/c1-8-29(6,7)22-13-14-24-23(19-22)25(2,3)26(28(24)17-18-30-26)16-15-20-9-11-21(12-10-20)27(4)5/h9-16,19H,8,17-18H2,1-7H3/q+1/b16-15+. The van der Waals surface area contributed by atoms with Gasteiger partial charge in [0.25, 0.3) is 0 Å². The molecule has 4 nitrogen and oxygen atoms in total. The third-order valence-electron chi connectivity index (χ3n) is 7.28. The Morgan fingerprint density at radius 1 is 1.10 bits per heavy atom. The Morgan fingerprint density at radius 3 is 2.43 bits per heavy atom. The zero-order chi connectivity index (χ0) is 21.7. The first-order valence-electron chi connectivity index (χ1n) is 11.0. The number of hydrogen-bond acceptors (Lipinski definition) is 3. The second-order valence-corrected chi connectivity index (χ2v) is 9.84. The molecule has 0 saturated carbocycles. The third-order valence-corrected chi connectivity index (χ3v) is 7.28. The summed E-state index contributed by atoms with van der Waals surface area (Å²) < 4.78 is 7.40. The molecule has 0 amide bonds. The lowest BCUT2D eigenvalue weighted by Crippen LogP contribution is -2.51. The number of ether oxygens (including phenoxy) is 1. The Labute approximate surface area is 181 Å². The van der Waals surface area contributed by atoms with Gasteiger partial charge < -0.3 is 14.5 Å². The van der Waals surface area contributed by atoms with E-state index in [1.807, 2.05) is 0 Å². The van der Waals surface area contributed by atoms with Crippen LogP contribution >= 0.6 is 0 Å². The molecule has 0 radical (unpaired) electrons. The van der Waals surface area contributed by atoms with Gasteiger partial charge in [0.1, 0.15) is 5.69 Å². The molecule has 4 heteroatoms. The number of hydrogen-bond donors (Lipinski definition) is 0. The van der Waals surface area contributed by atoms with Gasteiger partial charge in [0, 0.05) is 49.6 Å². The van der Waals surface area contributed by atoms with Crippen molar-refractivity contribution in [3.05, 3.63) is 59.7 Å². The van der Waals surface area contributed by atoms with Gasteiger partial charge in [0.15, 0.2) is 5.72 Å². The van der Waals surface area contributed by atoms with Gasteiger partial charge in [-0.1, -0.05) is 32.1 Å². The maximum Gasteiger partial charge on any atom is 0.170 e. The Balaban J connectivity index is 1.73. The van der Waals surface area contributed by atoms with Crippen LogP contribution in [0.15, 0.2) is 48.5 Å². The van der Waals surface area contributed by atoms with Crippen LogP contribution in [0.4, 0.5) is 17.1 Å². The van der Waals surface area contributed by atoms with Gasteiger partial charge in [-0.25, -0.2) is 0 Å². The average molecular weight is 407 g/mol. The molecule has 0 spiro atoms. The maximum atomic E-state index is 6.52. The van der Waals surface area contributed by atoms with Crippen molar-refractivity contribution in [1.82, 2.24) is 4.48 Å². The first kappa shape index (κ1) is 21.0. The summed E-state index contributed by atoms with van der Waals surface area (Å²) in [4.78, 5) is 4.58. The van der Waals surface area contributed by atoms with Crippen molar-refractivity contribution in [2.75, 3.05) is 57.7 Å². The van der Waals surface area contributed by atoms with E-state index >= 15 is 0 Å². The van der Waals surface area contributed by atoms with Crippen molar-refractivity contribution in [2.24, 2.45) is 0 Å². The summed E-state index contributed by atoms with van der Waals surface area (Å²) in [7, 11) is 8.68. The lowest BCUT2D eigenvalue weighted by Gasteiger charge is -2.40. The van der Waals surface area contributed by atoms with E-state index in [1.165, 1.54) is 28.2 Å². The molecule has 2 aliphatic rings. The second-order valence-electron chi connectivity index (χ2n) is 9.84. The summed E-state index contributed by atoms with van der Waals surface area (Å²) in [5.74, 6) is 0. The van der Waals surface area contributed by atoms with Crippen LogP contribution in [0.1, 0.15) is 31.9 Å². The first-order chi connectivity index (χ1) is 14.1. The fraction of sp³-hybridized carbons (Fsp3) is 0.462. The minimum Gasteiger partial charge on any atom is -0.378 e.